The van der Waals surface area contributed by atoms with E-state index in [9.17, 15) is 4.79 Å². The molecule has 4 aromatic rings. The minimum atomic E-state index is -0.569. The minimum absolute atomic E-state index is 0.236. The number of ether oxygens (including phenoxy) is 1. The van der Waals surface area contributed by atoms with E-state index in [4.69, 9.17) is 10.5 Å². The third-order valence-corrected chi connectivity index (χ3v) is 4.60. The molecule has 0 radical (unpaired) electrons. The van der Waals surface area contributed by atoms with E-state index in [1.807, 2.05) is 55.5 Å². The highest BCUT2D eigenvalue weighted by Gasteiger charge is 2.22. The van der Waals surface area contributed by atoms with Gasteiger partial charge in [0.1, 0.15) is 5.75 Å². The van der Waals surface area contributed by atoms with Gasteiger partial charge in [-0.05, 0) is 36.1 Å². The number of nitrogens with two attached hydrogens (primary N) is 1. The number of rotatable bonds is 4. The average Bonchev–Trinajstić information content (AvgIpc) is 3.05. The van der Waals surface area contributed by atoms with Crippen molar-refractivity contribution in [1.29, 1.82) is 0 Å². The van der Waals surface area contributed by atoms with Gasteiger partial charge in [0.15, 0.2) is 5.69 Å². The lowest BCUT2D eigenvalue weighted by molar-refractivity contribution is 0.0996. The Morgan fingerprint density at radius 3 is 2.74 bits per heavy atom. The summed E-state index contributed by atoms with van der Waals surface area (Å²) in [5, 5.41) is 6.48. The largest absolute Gasteiger partial charge is 0.497 e. The zero-order chi connectivity index (χ0) is 19.0. The van der Waals surface area contributed by atoms with Crippen LogP contribution >= 0.6 is 0 Å². The number of benzene rings is 2. The summed E-state index contributed by atoms with van der Waals surface area (Å²) in [5.41, 5.74) is 9.13. The molecule has 0 aliphatic heterocycles. The molecule has 2 N–H and O–H groups in total. The lowest BCUT2D eigenvalue weighted by Gasteiger charge is -2.09. The van der Waals surface area contributed by atoms with Gasteiger partial charge in [-0.25, -0.2) is 4.68 Å². The molecule has 1 amide bonds. The molecular formula is C21H18N4O2. The fraction of sp³-hybridized carbons (Fsp3) is 0.0952. The number of hydrogen-bond acceptors (Lipinski definition) is 4. The van der Waals surface area contributed by atoms with Gasteiger partial charge in [-0.3, -0.25) is 9.78 Å². The summed E-state index contributed by atoms with van der Waals surface area (Å²) in [6.45, 7) is 1.92. The number of carbonyl (C=O) groups excluding carboxylic acids is 1. The SMILES string of the molecule is COc1cccc(-n2nc(C(N)=O)c(-c3cccc4cnccc34)c2C)c1. The van der Waals surface area contributed by atoms with Crippen molar-refractivity contribution in [3.05, 3.63) is 72.3 Å². The van der Waals surface area contributed by atoms with Crippen LogP contribution in [0.2, 0.25) is 0 Å². The molecule has 0 fully saturated rings. The second-order valence-corrected chi connectivity index (χ2v) is 6.19. The summed E-state index contributed by atoms with van der Waals surface area (Å²) in [7, 11) is 1.61. The molecule has 0 unspecified atom stereocenters. The van der Waals surface area contributed by atoms with E-state index in [1.165, 1.54) is 0 Å². The van der Waals surface area contributed by atoms with E-state index >= 15 is 0 Å². The highest BCUT2D eigenvalue weighted by atomic mass is 16.5. The minimum Gasteiger partial charge on any atom is -0.497 e. The predicted octanol–water partition coefficient (Wildman–Crippen LogP) is 3.50. The highest BCUT2D eigenvalue weighted by molar-refractivity contribution is 6.04. The Bertz CT molecular complexity index is 1160. The van der Waals surface area contributed by atoms with Gasteiger partial charge in [-0.15, -0.1) is 0 Å². The van der Waals surface area contributed by atoms with Crippen LogP contribution in [-0.4, -0.2) is 27.8 Å². The molecule has 0 atom stereocenters. The Morgan fingerprint density at radius 1 is 1.15 bits per heavy atom. The number of amides is 1. The molecule has 6 nitrogen and oxygen atoms in total. The quantitative estimate of drug-likeness (QED) is 0.605. The smallest absolute Gasteiger partial charge is 0.269 e. The van der Waals surface area contributed by atoms with Crippen LogP contribution in [0, 0.1) is 6.92 Å². The molecule has 0 aliphatic carbocycles. The van der Waals surface area contributed by atoms with Crippen molar-refractivity contribution in [1.82, 2.24) is 14.8 Å². The second-order valence-electron chi connectivity index (χ2n) is 6.19. The van der Waals surface area contributed by atoms with Crippen LogP contribution in [-0.2, 0) is 0 Å². The lowest BCUT2D eigenvalue weighted by atomic mass is 9.97. The van der Waals surface area contributed by atoms with Crippen LogP contribution in [0.5, 0.6) is 5.75 Å². The van der Waals surface area contributed by atoms with Gasteiger partial charge in [0.2, 0.25) is 0 Å². The summed E-state index contributed by atoms with van der Waals surface area (Å²) < 4.78 is 7.02. The molecule has 0 spiro atoms. The van der Waals surface area contributed by atoms with Crippen molar-refractivity contribution < 1.29 is 9.53 Å². The fourth-order valence-electron chi connectivity index (χ4n) is 3.33. The zero-order valence-electron chi connectivity index (χ0n) is 15.0. The number of hydrogen-bond donors (Lipinski definition) is 1. The monoisotopic (exact) mass is 358 g/mol. The highest BCUT2D eigenvalue weighted by Crippen LogP contribution is 2.34. The Labute approximate surface area is 156 Å². The molecule has 0 bridgehead atoms. The molecule has 2 aromatic heterocycles. The third kappa shape index (κ3) is 2.81. The molecular weight excluding hydrogens is 340 g/mol. The number of aromatic nitrogens is 3. The molecule has 134 valence electrons. The van der Waals surface area contributed by atoms with Crippen molar-refractivity contribution in [2.45, 2.75) is 6.92 Å². The van der Waals surface area contributed by atoms with Crippen LogP contribution in [0.25, 0.3) is 27.6 Å². The van der Waals surface area contributed by atoms with E-state index in [-0.39, 0.29) is 5.69 Å². The van der Waals surface area contributed by atoms with E-state index in [0.717, 1.165) is 33.3 Å². The molecule has 2 aromatic carbocycles. The molecule has 27 heavy (non-hydrogen) atoms. The standard InChI is InChI=1S/C21H18N4O2/c1-13-19(18-8-3-5-14-12-23-10-9-17(14)18)20(21(22)26)24-25(13)15-6-4-7-16(11-15)27-2/h3-12H,1-2H3,(H2,22,26). The molecule has 6 heteroatoms. The van der Waals surface area contributed by atoms with E-state index in [2.05, 4.69) is 10.1 Å². The Kier molecular flexibility index (Phi) is 4.08. The maximum Gasteiger partial charge on any atom is 0.269 e. The Morgan fingerprint density at radius 2 is 1.96 bits per heavy atom. The van der Waals surface area contributed by atoms with Gasteiger partial charge in [-0.1, -0.05) is 24.3 Å². The van der Waals surface area contributed by atoms with Crippen molar-refractivity contribution in [2.75, 3.05) is 7.11 Å². The summed E-state index contributed by atoms with van der Waals surface area (Å²) in [5.74, 6) is 0.140. The van der Waals surface area contributed by atoms with E-state index in [1.54, 1.807) is 24.2 Å². The first kappa shape index (κ1) is 16.8. The molecule has 0 saturated carbocycles. The normalized spacial score (nSPS) is 10.9. The summed E-state index contributed by atoms with van der Waals surface area (Å²) >= 11 is 0. The number of nitrogens with zero attached hydrogens (tertiary/aromatic N) is 3. The van der Waals surface area contributed by atoms with Gasteiger partial charge < -0.3 is 10.5 Å². The third-order valence-electron chi connectivity index (χ3n) is 4.60. The fourth-order valence-corrected chi connectivity index (χ4v) is 3.33. The van der Waals surface area contributed by atoms with Crippen molar-refractivity contribution in [2.24, 2.45) is 5.73 Å². The van der Waals surface area contributed by atoms with Crippen molar-refractivity contribution >= 4 is 16.7 Å². The van der Waals surface area contributed by atoms with Crippen LogP contribution < -0.4 is 10.5 Å². The van der Waals surface area contributed by atoms with E-state index < -0.39 is 5.91 Å². The number of pyridine rings is 1. The van der Waals surface area contributed by atoms with Gasteiger partial charge in [0, 0.05) is 35.1 Å². The molecule has 0 saturated heterocycles. The molecule has 2 heterocycles. The number of methoxy groups -OCH3 is 1. The van der Waals surface area contributed by atoms with Crippen molar-refractivity contribution in [3.63, 3.8) is 0 Å². The van der Waals surface area contributed by atoms with Crippen LogP contribution in [0.4, 0.5) is 0 Å². The van der Waals surface area contributed by atoms with Crippen LogP contribution in [0.3, 0.4) is 0 Å². The summed E-state index contributed by atoms with van der Waals surface area (Å²) in [6.07, 6.45) is 3.53. The summed E-state index contributed by atoms with van der Waals surface area (Å²) in [4.78, 5) is 16.3. The molecule has 0 aliphatic rings. The van der Waals surface area contributed by atoms with Gasteiger partial charge in [0.05, 0.1) is 12.8 Å². The average molecular weight is 358 g/mol. The topological polar surface area (TPSA) is 83.0 Å². The molecule has 4 rings (SSSR count). The maximum absolute atomic E-state index is 12.2. The lowest BCUT2D eigenvalue weighted by Crippen LogP contribution is -2.13. The first-order chi connectivity index (χ1) is 13.1. The number of primary amides is 1. The van der Waals surface area contributed by atoms with Crippen molar-refractivity contribution in [3.8, 4) is 22.6 Å². The van der Waals surface area contributed by atoms with Gasteiger partial charge in [0.25, 0.3) is 5.91 Å². The first-order valence-electron chi connectivity index (χ1n) is 8.47. The number of carbonyl (C=O) groups is 1. The van der Waals surface area contributed by atoms with Crippen LogP contribution in [0.1, 0.15) is 16.2 Å². The Balaban J connectivity index is 2.00. The van der Waals surface area contributed by atoms with Gasteiger partial charge in [-0.2, -0.15) is 5.10 Å². The maximum atomic E-state index is 12.2. The van der Waals surface area contributed by atoms with Gasteiger partial charge >= 0.3 is 0 Å². The first-order valence-corrected chi connectivity index (χ1v) is 8.47. The second kappa shape index (κ2) is 6.57. The predicted molar refractivity (Wildman–Crippen MR) is 104 cm³/mol. The Hall–Kier alpha value is -3.67. The van der Waals surface area contributed by atoms with E-state index in [0.29, 0.717) is 5.75 Å². The summed E-state index contributed by atoms with van der Waals surface area (Å²) in [6, 6.07) is 15.3. The van der Waals surface area contributed by atoms with Crippen LogP contribution in [0.15, 0.2) is 60.9 Å². The zero-order valence-corrected chi connectivity index (χ0v) is 15.0. The number of fused-ring (bicyclic) bond motifs is 1.